The lowest BCUT2D eigenvalue weighted by Crippen LogP contribution is -2.36. The van der Waals surface area contributed by atoms with Gasteiger partial charge in [-0.2, -0.15) is 0 Å². The van der Waals surface area contributed by atoms with Gasteiger partial charge in [0.15, 0.2) is 5.82 Å². The molecule has 3 rings (SSSR count). The van der Waals surface area contributed by atoms with E-state index in [1.165, 1.54) is 31.4 Å². The number of benzene rings is 2. The lowest BCUT2D eigenvalue weighted by Gasteiger charge is -2.21. The Morgan fingerprint density at radius 1 is 1.06 bits per heavy atom. The highest BCUT2D eigenvalue weighted by molar-refractivity contribution is 5.91. The second kappa shape index (κ2) is 9.84. The summed E-state index contributed by atoms with van der Waals surface area (Å²) in [5.41, 5.74) is 1.13. The number of hydrogen-bond acceptors (Lipinski definition) is 6. The van der Waals surface area contributed by atoms with Gasteiger partial charge in [-0.25, -0.2) is 23.9 Å². The number of ether oxygens (including phenoxy) is 1. The summed E-state index contributed by atoms with van der Waals surface area (Å²) in [6, 6.07) is 11.7. The van der Waals surface area contributed by atoms with Crippen LogP contribution in [0, 0.1) is 11.7 Å². The fourth-order valence-corrected chi connectivity index (χ4v) is 2.95. The van der Waals surface area contributed by atoms with E-state index in [2.05, 4.69) is 25.9 Å². The van der Waals surface area contributed by atoms with Crippen molar-refractivity contribution in [3.8, 4) is 0 Å². The van der Waals surface area contributed by atoms with Crippen LogP contribution in [0.5, 0.6) is 0 Å². The van der Waals surface area contributed by atoms with Gasteiger partial charge >= 0.3 is 12.0 Å². The average molecular weight is 425 g/mol. The van der Waals surface area contributed by atoms with Crippen molar-refractivity contribution in [2.75, 3.05) is 17.7 Å². The first-order valence-corrected chi connectivity index (χ1v) is 9.78. The van der Waals surface area contributed by atoms with Crippen molar-refractivity contribution in [2.45, 2.75) is 26.4 Å². The quantitative estimate of drug-likeness (QED) is 0.499. The van der Waals surface area contributed by atoms with E-state index in [0.717, 1.165) is 5.39 Å². The Kier molecular flexibility index (Phi) is 6.96. The summed E-state index contributed by atoms with van der Waals surface area (Å²) in [5.74, 6) is 0.0239. The number of carbonyl (C=O) groups is 2. The molecule has 3 N–H and O–H groups in total. The van der Waals surface area contributed by atoms with Crippen molar-refractivity contribution in [1.82, 2.24) is 15.3 Å². The molecule has 2 aromatic carbocycles. The minimum absolute atomic E-state index is 0.0377. The molecule has 3 aromatic rings. The summed E-state index contributed by atoms with van der Waals surface area (Å²) in [6.45, 7) is 3.86. The van der Waals surface area contributed by atoms with Crippen LogP contribution in [-0.2, 0) is 16.1 Å². The maximum absolute atomic E-state index is 13.0. The number of rotatable bonds is 7. The van der Waals surface area contributed by atoms with Crippen LogP contribution in [0.2, 0.25) is 0 Å². The molecule has 0 radical (unpaired) electrons. The zero-order valence-corrected chi connectivity index (χ0v) is 17.5. The molecule has 0 aliphatic rings. The number of para-hydroxylation sites is 1. The smallest absolute Gasteiger partial charge is 0.328 e. The minimum Gasteiger partial charge on any atom is -0.467 e. The Balaban J connectivity index is 1.78. The van der Waals surface area contributed by atoms with Gasteiger partial charge in [0.1, 0.15) is 17.7 Å². The van der Waals surface area contributed by atoms with Gasteiger partial charge in [0.05, 0.1) is 19.2 Å². The lowest BCUT2D eigenvalue weighted by molar-refractivity contribution is -0.142. The molecule has 1 atom stereocenters. The maximum atomic E-state index is 13.0. The van der Waals surface area contributed by atoms with Crippen molar-refractivity contribution in [3.63, 3.8) is 0 Å². The Morgan fingerprint density at radius 3 is 2.45 bits per heavy atom. The molecule has 162 valence electrons. The Morgan fingerprint density at radius 2 is 1.77 bits per heavy atom. The molecule has 1 heterocycles. The number of hydrogen-bond donors (Lipinski definition) is 3. The van der Waals surface area contributed by atoms with Crippen LogP contribution in [0.4, 0.5) is 20.7 Å². The summed E-state index contributed by atoms with van der Waals surface area (Å²) in [4.78, 5) is 33.3. The number of anilines is 2. The second-order valence-electron chi connectivity index (χ2n) is 7.21. The van der Waals surface area contributed by atoms with Crippen LogP contribution in [-0.4, -0.2) is 35.1 Å². The van der Waals surface area contributed by atoms with Crippen LogP contribution >= 0.6 is 0 Å². The van der Waals surface area contributed by atoms with E-state index >= 15 is 0 Å². The van der Waals surface area contributed by atoms with Crippen molar-refractivity contribution < 1.29 is 18.7 Å². The third kappa shape index (κ3) is 5.65. The lowest BCUT2D eigenvalue weighted by atomic mass is 10.0. The standard InChI is InChI=1S/C22H24FN5O3/c1-13(2)19(21(29)31-3)28-20-16-6-4-5-7-17(16)26-18(27-20)12-24-22(30)25-15-10-8-14(23)9-11-15/h4-11,13,19H,12H2,1-3H3,(H2,24,25,30)(H,26,27,28)/t19-/m0/s1. The Labute approximate surface area is 179 Å². The van der Waals surface area contributed by atoms with Crippen molar-refractivity contribution in [2.24, 2.45) is 5.92 Å². The predicted molar refractivity (Wildman–Crippen MR) is 116 cm³/mol. The van der Waals surface area contributed by atoms with Gasteiger partial charge in [-0.15, -0.1) is 0 Å². The van der Waals surface area contributed by atoms with Crippen molar-refractivity contribution in [1.29, 1.82) is 0 Å². The highest BCUT2D eigenvalue weighted by Gasteiger charge is 2.24. The number of halogens is 1. The van der Waals surface area contributed by atoms with Gasteiger partial charge in [-0.05, 0) is 42.3 Å². The number of nitrogens with one attached hydrogen (secondary N) is 3. The third-order valence-electron chi connectivity index (χ3n) is 4.57. The monoisotopic (exact) mass is 425 g/mol. The first-order valence-electron chi connectivity index (χ1n) is 9.78. The number of methoxy groups -OCH3 is 1. The van der Waals surface area contributed by atoms with Gasteiger partial charge in [0.2, 0.25) is 0 Å². The van der Waals surface area contributed by atoms with Crippen LogP contribution in [0.1, 0.15) is 19.7 Å². The van der Waals surface area contributed by atoms with Gasteiger partial charge in [-0.3, -0.25) is 0 Å². The molecule has 0 saturated carbocycles. The molecule has 9 heteroatoms. The van der Waals surface area contributed by atoms with Gasteiger partial charge in [-0.1, -0.05) is 26.0 Å². The number of amides is 2. The number of urea groups is 1. The summed E-state index contributed by atoms with van der Waals surface area (Å²) in [7, 11) is 1.34. The Bertz CT molecular complexity index is 1070. The third-order valence-corrected chi connectivity index (χ3v) is 4.57. The largest absolute Gasteiger partial charge is 0.467 e. The average Bonchev–Trinajstić information content (AvgIpc) is 2.76. The van der Waals surface area contributed by atoms with Gasteiger partial charge in [0.25, 0.3) is 0 Å². The molecule has 0 fully saturated rings. The number of carbonyl (C=O) groups excluding carboxylic acids is 2. The minimum atomic E-state index is -0.592. The molecule has 0 aliphatic heterocycles. The summed E-state index contributed by atoms with van der Waals surface area (Å²) < 4.78 is 17.9. The highest BCUT2D eigenvalue weighted by Crippen LogP contribution is 2.22. The second-order valence-corrected chi connectivity index (χ2v) is 7.21. The first-order chi connectivity index (χ1) is 14.9. The zero-order chi connectivity index (χ0) is 22.4. The zero-order valence-electron chi connectivity index (χ0n) is 17.5. The topological polar surface area (TPSA) is 105 Å². The number of nitrogens with zero attached hydrogens (tertiary/aromatic N) is 2. The van der Waals surface area contributed by atoms with Crippen LogP contribution in [0.3, 0.4) is 0 Å². The predicted octanol–water partition coefficient (Wildman–Crippen LogP) is 3.70. The van der Waals surface area contributed by atoms with Crippen LogP contribution in [0.25, 0.3) is 10.9 Å². The fraction of sp³-hybridized carbons (Fsp3) is 0.273. The van der Waals surface area contributed by atoms with E-state index in [1.807, 2.05) is 38.1 Å². The summed E-state index contributed by atoms with van der Waals surface area (Å²) >= 11 is 0. The highest BCUT2D eigenvalue weighted by atomic mass is 19.1. The van der Waals surface area contributed by atoms with Crippen LogP contribution in [0.15, 0.2) is 48.5 Å². The molecule has 31 heavy (non-hydrogen) atoms. The number of esters is 1. The van der Waals surface area contributed by atoms with E-state index in [-0.39, 0.29) is 18.3 Å². The normalized spacial score (nSPS) is 11.8. The summed E-state index contributed by atoms with van der Waals surface area (Å²) in [6.07, 6.45) is 0. The molecule has 0 spiro atoms. The molecule has 0 aliphatic carbocycles. The van der Waals surface area contributed by atoms with Crippen molar-refractivity contribution >= 4 is 34.4 Å². The molecule has 1 aromatic heterocycles. The van der Waals surface area contributed by atoms with Gasteiger partial charge < -0.3 is 20.7 Å². The Hall–Kier alpha value is -3.75. The molecular formula is C22H24FN5O3. The molecular weight excluding hydrogens is 401 g/mol. The van der Waals surface area contributed by atoms with Crippen LogP contribution < -0.4 is 16.0 Å². The van der Waals surface area contributed by atoms with Crippen molar-refractivity contribution in [3.05, 3.63) is 60.2 Å². The van der Waals surface area contributed by atoms with E-state index in [4.69, 9.17) is 4.74 Å². The SMILES string of the molecule is COC(=O)[C@@H](Nc1nc(CNC(=O)Nc2ccc(F)cc2)nc2ccccc12)C(C)C. The number of fused-ring (bicyclic) bond motifs is 1. The molecule has 0 unspecified atom stereocenters. The molecule has 0 bridgehead atoms. The molecule has 8 nitrogen and oxygen atoms in total. The maximum Gasteiger partial charge on any atom is 0.328 e. The summed E-state index contributed by atoms with van der Waals surface area (Å²) in [5, 5.41) is 9.19. The van der Waals surface area contributed by atoms with Gasteiger partial charge in [0, 0.05) is 11.1 Å². The first kappa shape index (κ1) is 21.9. The van der Waals surface area contributed by atoms with E-state index in [9.17, 15) is 14.0 Å². The van der Waals surface area contributed by atoms with E-state index in [0.29, 0.717) is 22.8 Å². The van der Waals surface area contributed by atoms with E-state index < -0.39 is 18.0 Å². The fourth-order valence-electron chi connectivity index (χ4n) is 2.95. The molecule has 0 saturated heterocycles. The van der Waals surface area contributed by atoms with E-state index in [1.54, 1.807) is 0 Å². The molecule has 2 amide bonds. The number of aromatic nitrogens is 2.